The first kappa shape index (κ1) is 5.96. The van der Waals surface area contributed by atoms with Crippen LogP contribution in [0.15, 0.2) is 11.8 Å². The van der Waals surface area contributed by atoms with Crippen molar-refractivity contribution in [3.8, 4) is 0 Å². The van der Waals surface area contributed by atoms with Crippen LogP contribution in [0.4, 0.5) is 0 Å². The Labute approximate surface area is 54.7 Å². The lowest BCUT2D eigenvalue weighted by atomic mass is 10.2. The molecule has 0 aromatic rings. The Balaban J connectivity index is 2.37. The highest BCUT2D eigenvalue weighted by Gasteiger charge is 1.97. The van der Waals surface area contributed by atoms with Crippen LogP contribution < -0.4 is 5.32 Å². The lowest BCUT2D eigenvalue weighted by Crippen LogP contribution is -2.19. The van der Waals surface area contributed by atoms with Gasteiger partial charge in [0, 0.05) is 12.2 Å². The topological polar surface area (TPSA) is 12.0 Å². The van der Waals surface area contributed by atoms with Gasteiger partial charge in [-0.2, -0.15) is 0 Å². The van der Waals surface area contributed by atoms with Crippen LogP contribution in [0.5, 0.6) is 0 Å². The van der Waals surface area contributed by atoms with Crippen LogP contribution in [-0.2, 0) is 0 Å². The van der Waals surface area contributed by atoms with Gasteiger partial charge in [0.05, 0.1) is 5.88 Å². The molecule has 0 aliphatic carbocycles. The predicted octanol–water partition coefficient (Wildman–Crippen LogP) is 1.49. The van der Waals surface area contributed by atoms with E-state index in [0.29, 0.717) is 5.88 Å². The van der Waals surface area contributed by atoms with Crippen LogP contribution in [0.1, 0.15) is 12.8 Å². The van der Waals surface area contributed by atoms with Gasteiger partial charge in [0.15, 0.2) is 0 Å². The number of hydrogen-bond donors (Lipinski definition) is 1. The van der Waals surface area contributed by atoms with Crippen molar-refractivity contribution in [2.24, 2.45) is 0 Å². The maximum absolute atomic E-state index is 5.55. The second-order valence-electron chi connectivity index (χ2n) is 1.93. The zero-order valence-corrected chi connectivity index (χ0v) is 5.54. The summed E-state index contributed by atoms with van der Waals surface area (Å²) in [6, 6.07) is 0. The summed E-state index contributed by atoms with van der Waals surface area (Å²) < 4.78 is 0. The molecule has 0 bridgehead atoms. The average Bonchev–Trinajstić information content (AvgIpc) is 1.90. The van der Waals surface area contributed by atoms with E-state index in [2.05, 4.69) is 11.4 Å². The predicted molar refractivity (Wildman–Crippen MR) is 36.0 cm³/mol. The SMILES string of the molecule is ClCC1=CCCCN1. The molecule has 0 unspecified atom stereocenters. The van der Waals surface area contributed by atoms with Gasteiger partial charge in [-0.25, -0.2) is 0 Å². The van der Waals surface area contributed by atoms with Crippen molar-refractivity contribution in [2.45, 2.75) is 12.8 Å². The van der Waals surface area contributed by atoms with Crippen molar-refractivity contribution in [1.82, 2.24) is 5.32 Å². The summed E-state index contributed by atoms with van der Waals surface area (Å²) in [7, 11) is 0. The van der Waals surface area contributed by atoms with Crippen molar-refractivity contribution >= 4 is 11.6 Å². The third-order valence-electron chi connectivity index (χ3n) is 1.27. The first-order valence-corrected chi connectivity index (χ1v) is 3.46. The highest BCUT2D eigenvalue weighted by atomic mass is 35.5. The molecule has 0 amide bonds. The van der Waals surface area contributed by atoms with E-state index in [1.54, 1.807) is 0 Å². The van der Waals surface area contributed by atoms with Crippen molar-refractivity contribution in [2.75, 3.05) is 12.4 Å². The Bertz CT molecular complexity index is 98.7. The lowest BCUT2D eigenvalue weighted by Gasteiger charge is -2.11. The van der Waals surface area contributed by atoms with Gasteiger partial charge >= 0.3 is 0 Å². The fourth-order valence-corrected chi connectivity index (χ4v) is 1.00. The summed E-state index contributed by atoms with van der Waals surface area (Å²) in [6.07, 6.45) is 4.60. The second kappa shape index (κ2) is 2.98. The molecule has 8 heavy (non-hydrogen) atoms. The van der Waals surface area contributed by atoms with Gasteiger partial charge in [-0.15, -0.1) is 11.6 Å². The summed E-state index contributed by atoms with van der Waals surface area (Å²) in [5.74, 6) is 0.639. The van der Waals surface area contributed by atoms with Gasteiger partial charge in [-0.1, -0.05) is 6.08 Å². The van der Waals surface area contributed by atoms with Crippen molar-refractivity contribution in [1.29, 1.82) is 0 Å². The van der Waals surface area contributed by atoms with Crippen LogP contribution in [0, 0.1) is 0 Å². The Morgan fingerprint density at radius 2 is 2.62 bits per heavy atom. The summed E-state index contributed by atoms with van der Waals surface area (Å²) >= 11 is 5.55. The monoisotopic (exact) mass is 131 g/mol. The molecule has 0 aromatic heterocycles. The van der Waals surface area contributed by atoms with E-state index in [1.165, 1.54) is 18.5 Å². The van der Waals surface area contributed by atoms with Crippen LogP contribution in [0.2, 0.25) is 0 Å². The van der Waals surface area contributed by atoms with Gasteiger partial charge in [-0.3, -0.25) is 0 Å². The molecular formula is C6H10ClN. The van der Waals surface area contributed by atoms with E-state index in [0.717, 1.165) is 6.54 Å². The molecule has 46 valence electrons. The van der Waals surface area contributed by atoms with E-state index in [4.69, 9.17) is 11.6 Å². The number of alkyl halides is 1. The molecule has 1 N–H and O–H groups in total. The highest BCUT2D eigenvalue weighted by molar-refractivity contribution is 6.19. The highest BCUT2D eigenvalue weighted by Crippen LogP contribution is 2.03. The summed E-state index contributed by atoms with van der Waals surface area (Å²) in [4.78, 5) is 0. The molecular weight excluding hydrogens is 122 g/mol. The van der Waals surface area contributed by atoms with E-state index < -0.39 is 0 Å². The average molecular weight is 132 g/mol. The van der Waals surface area contributed by atoms with E-state index >= 15 is 0 Å². The minimum absolute atomic E-state index is 0.639. The van der Waals surface area contributed by atoms with Crippen LogP contribution >= 0.6 is 11.6 Å². The lowest BCUT2D eigenvalue weighted by molar-refractivity contribution is 0.691. The van der Waals surface area contributed by atoms with Gasteiger partial charge in [0.25, 0.3) is 0 Å². The third-order valence-corrected chi connectivity index (χ3v) is 1.56. The molecule has 0 atom stereocenters. The summed E-state index contributed by atoms with van der Waals surface area (Å²) in [5.41, 5.74) is 1.19. The number of hydrogen-bond acceptors (Lipinski definition) is 1. The largest absolute Gasteiger partial charge is 0.388 e. The Morgan fingerprint density at radius 1 is 1.75 bits per heavy atom. The molecule has 1 aliphatic rings. The Morgan fingerprint density at radius 3 is 3.00 bits per heavy atom. The van der Waals surface area contributed by atoms with Crippen molar-refractivity contribution in [3.63, 3.8) is 0 Å². The molecule has 0 saturated carbocycles. The number of rotatable bonds is 1. The number of allylic oxidation sites excluding steroid dienone is 2. The normalized spacial score (nSPS) is 19.4. The summed E-state index contributed by atoms with van der Waals surface area (Å²) in [6.45, 7) is 1.10. The quantitative estimate of drug-likeness (QED) is 0.532. The smallest absolute Gasteiger partial charge is 0.0618 e. The standard InChI is InChI=1S/C6H10ClN/c7-5-6-3-1-2-4-8-6/h3,8H,1-2,4-5H2. The number of nitrogens with one attached hydrogen (secondary N) is 1. The molecule has 0 spiro atoms. The van der Waals surface area contributed by atoms with E-state index in [1.807, 2.05) is 0 Å². The maximum Gasteiger partial charge on any atom is 0.0618 e. The molecule has 1 heterocycles. The first-order valence-electron chi connectivity index (χ1n) is 2.92. The Kier molecular flexibility index (Phi) is 2.22. The fraction of sp³-hybridized carbons (Fsp3) is 0.667. The third kappa shape index (κ3) is 1.41. The van der Waals surface area contributed by atoms with Crippen LogP contribution in [0.3, 0.4) is 0 Å². The fourth-order valence-electron chi connectivity index (χ4n) is 0.801. The van der Waals surface area contributed by atoms with Crippen molar-refractivity contribution in [3.05, 3.63) is 11.8 Å². The Hall–Kier alpha value is -0.170. The van der Waals surface area contributed by atoms with Gasteiger partial charge in [-0.05, 0) is 12.8 Å². The number of halogens is 1. The first-order chi connectivity index (χ1) is 3.93. The van der Waals surface area contributed by atoms with Crippen molar-refractivity contribution < 1.29 is 0 Å². The minimum Gasteiger partial charge on any atom is -0.388 e. The molecule has 0 radical (unpaired) electrons. The molecule has 2 heteroatoms. The molecule has 0 saturated heterocycles. The zero-order valence-electron chi connectivity index (χ0n) is 4.78. The molecule has 1 nitrogen and oxygen atoms in total. The second-order valence-corrected chi connectivity index (χ2v) is 2.20. The summed E-state index contributed by atoms with van der Waals surface area (Å²) in [5, 5.41) is 3.20. The zero-order chi connectivity index (χ0) is 5.82. The minimum atomic E-state index is 0.639. The van der Waals surface area contributed by atoms with Gasteiger partial charge in [0.2, 0.25) is 0 Å². The van der Waals surface area contributed by atoms with Gasteiger partial charge < -0.3 is 5.32 Å². The molecule has 1 rings (SSSR count). The van der Waals surface area contributed by atoms with E-state index in [9.17, 15) is 0 Å². The molecule has 0 fully saturated rings. The van der Waals surface area contributed by atoms with Crippen LogP contribution in [0.25, 0.3) is 0 Å². The molecule has 0 aromatic carbocycles. The van der Waals surface area contributed by atoms with Crippen LogP contribution in [-0.4, -0.2) is 12.4 Å². The maximum atomic E-state index is 5.55. The van der Waals surface area contributed by atoms with E-state index in [-0.39, 0.29) is 0 Å². The van der Waals surface area contributed by atoms with Gasteiger partial charge in [0.1, 0.15) is 0 Å². The molecule has 1 aliphatic heterocycles.